The van der Waals surface area contributed by atoms with Crippen molar-refractivity contribution in [2.75, 3.05) is 14.1 Å². The van der Waals surface area contributed by atoms with E-state index < -0.39 is 6.10 Å². The zero-order chi connectivity index (χ0) is 17.6. The molecule has 1 aromatic carbocycles. The number of esters is 1. The fraction of sp³-hybridized carbons (Fsp3) is 0.619. The van der Waals surface area contributed by atoms with E-state index in [0.29, 0.717) is 11.8 Å². The third-order valence-electron chi connectivity index (χ3n) is 6.50. The van der Waals surface area contributed by atoms with Crippen molar-refractivity contribution >= 4 is 11.9 Å². The van der Waals surface area contributed by atoms with E-state index >= 15 is 0 Å². The normalized spacial score (nSPS) is 33.8. The highest BCUT2D eigenvalue weighted by Crippen LogP contribution is 2.56. The maximum Gasteiger partial charge on any atom is 0.310 e. The highest BCUT2D eigenvalue weighted by Gasteiger charge is 2.52. The van der Waals surface area contributed by atoms with Crippen LogP contribution in [-0.4, -0.2) is 30.9 Å². The molecule has 1 amide bonds. The molecule has 0 aromatic heterocycles. The quantitative estimate of drug-likeness (QED) is 0.788. The smallest absolute Gasteiger partial charge is 0.310 e. The van der Waals surface area contributed by atoms with Gasteiger partial charge in [-0.05, 0) is 55.8 Å². The first-order valence-corrected chi connectivity index (χ1v) is 9.49. The lowest BCUT2D eigenvalue weighted by Crippen LogP contribution is -2.49. The molecule has 0 unspecified atom stereocenters. The number of benzene rings is 1. The summed E-state index contributed by atoms with van der Waals surface area (Å²) in [6, 6.07) is 9.37. The lowest BCUT2D eigenvalue weighted by Gasteiger charge is -2.53. The van der Waals surface area contributed by atoms with Crippen molar-refractivity contribution in [2.45, 2.75) is 38.2 Å². The van der Waals surface area contributed by atoms with Crippen LogP contribution in [0.5, 0.6) is 0 Å². The maximum atomic E-state index is 13.1. The zero-order valence-electron chi connectivity index (χ0n) is 15.1. The first kappa shape index (κ1) is 16.6. The maximum absolute atomic E-state index is 13.1. The van der Waals surface area contributed by atoms with E-state index in [1.807, 2.05) is 30.3 Å². The second-order valence-corrected chi connectivity index (χ2v) is 8.42. The van der Waals surface area contributed by atoms with Crippen LogP contribution in [-0.2, 0) is 14.3 Å². The molecule has 1 aromatic rings. The van der Waals surface area contributed by atoms with Gasteiger partial charge in [0.15, 0.2) is 0 Å². The van der Waals surface area contributed by atoms with Crippen molar-refractivity contribution in [2.24, 2.45) is 29.6 Å². The minimum atomic E-state index is -0.833. The fourth-order valence-electron chi connectivity index (χ4n) is 5.63. The predicted molar refractivity (Wildman–Crippen MR) is 94.5 cm³/mol. The van der Waals surface area contributed by atoms with E-state index in [-0.39, 0.29) is 17.8 Å². The van der Waals surface area contributed by atoms with Crippen LogP contribution in [0.4, 0.5) is 0 Å². The largest absolute Gasteiger partial charge is 0.447 e. The van der Waals surface area contributed by atoms with Gasteiger partial charge >= 0.3 is 5.97 Å². The monoisotopic (exact) mass is 341 g/mol. The van der Waals surface area contributed by atoms with Gasteiger partial charge in [-0.25, -0.2) is 0 Å². The minimum absolute atomic E-state index is 0.00558. The highest BCUT2D eigenvalue weighted by molar-refractivity contribution is 5.85. The van der Waals surface area contributed by atoms with Crippen LogP contribution < -0.4 is 0 Å². The molecule has 1 atom stereocenters. The van der Waals surface area contributed by atoms with Gasteiger partial charge in [0.05, 0.1) is 5.92 Å². The Bertz CT molecular complexity index is 626. The van der Waals surface area contributed by atoms with E-state index in [2.05, 4.69) is 0 Å². The average molecular weight is 341 g/mol. The van der Waals surface area contributed by atoms with Crippen LogP contribution >= 0.6 is 0 Å². The number of hydrogen-bond acceptors (Lipinski definition) is 3. The van der Waals surface area contributed by atoms with E-state index in [1.54, 1.807) is 14.1 Å². The molecule has 4 heteroatoms. The lowest BCUT2D eigenvalue weighted by molar-refractivity contribution is -0.173. The molecule has 4 aliphatic carbocycles. The Morgan fingerprint density at radius 1 is 0.960 bits per heavy atom. The van der Waals surface area contributed by atoms with Crippen molar-refractivity contribution in [3.63, 3.8) is 0 Å². The molecule has 5 rings (SSSR count). The summed E-state index contributed by atoms with van der Waals surface area (Å²) in [7, 11) is 3.41. The van der Waals surface area contributed by atoms with Crippen LogP contribution in [0.3, 0.4) is 0 Å². The molecule has 4 aliphatic rings. The number of hydrogen-bond donors (Lipinski definition) is 0. The number of likely N-dealkylation sites (N-methyl/N-ethyl adjacent to an activating group) is 1. The second-order valence-electron chi connectivity index (χ2n) is 8.42. The molecular weight excluding hydrogens is 314 g/mol. The Morgan fingerprint density at radius 3 is 2.04 bits per heavy atom. The zero-order valence-corrected chi connectivity index (χ0v) is 15.1. The van der Waals surface area contributed by atoms with Crippen LogP contribution in [0.1, 0.15) is 43.8 Å². The van der Waals surface area contributed by atoms with E-state index in [0.717, 1.165) is 17.4 Å². The molecule has 0 saturated heterocycles. The van der Waals surface area contributed by atoms with Crippen LogP contribution in [0.2, 0.25) is 0 Å². The third kappa shape index (κ3) is 3.07. The number of ether oxygens (including phenoxy) is 1. The molecule has 4 nitrogen and oxygen atoms in total. The molecular formula is C21H27NO3. The van der Waals surface area contributed by atoms with E-state index in [4.69, 9.17) is 4.74 Å². The number of carbonyl (C=O) groups is 2. The minimum Gasteiger partial charge on any atom is -0.447 e. The molecule has 0 N–H and O–H groups in total. The predicted octanol–water partition coefficient (Wildman–Crippen LogP) is 3.43. The average Bonchev–Trinajstić information content (AvgIpc) is 2.59. The lowest BCUT2D eigenvalue weighted by atomic mass is 9.52. The van der Waals surface area contributed by atoms with Crippen LogP contribution in [0.15, 0.2) is 30.3 Å². The van der Waals surface area contributed by atoms with Gasteiger partial charge in [-0.2, -0.15) is 0 Å². The summed E-state index contributed by atoms with van der Waals surface area (Å²) in [6.45, 7) is 0. The van der Waals surface area contributed by atoms with E-state index in [1.165, 1.54) is 37.0 Å². The van der Waals surface area contributed by atoms with E-state index in [9.17, 15) is 9.59 Å². The van der Waals surface area contributed by atoms with Crippen molar-refractivity contribution in [3.8, 4) is 0 Å². The number of nitrogens with zero attached hydrogens (tertiary/aromatic N) is 1. The third-order valence-corrected chi connectivity index (χ3v) is 6.50. The summed E-state index contributed by atoms with van der Waals surface area (Å²) in [5.74, 6) is 2.24. The van der Waals surface area contributed by atoms with Gasteiger partial charge in [0.25, 0.3) is 5.91 Å². The van der Waals surface area contributed by atoms with Gasteiger partial charge in [0.2, 0.25) is 6.10 Å². The Balaban J connectivity index is 1.54. The van der Waals surface area contributed by atoms with Gasteiger partial charge in [-0.3, -0.25) is 9.59 Å². The molecule has 134 valence electrons. The van der Waals surface area contributed by atoms with Gasteiger partial charge in [0, 0.05) is 19.7 Å². The Kier molecular flexibility index (Phi) is 4.30. The molecule has 0 aliphatic heterocycles. The Morgan fingerprint density at radius 2 is 1.52 bits per heavy atom. The van der Waals surface area contributed by atoms with Gasteiger partial charge < -0.3 is 9.64 Å². The standard InChI is InChI=1S/C21H27NO3/c1-22(2)20(23)19(15-6-4-3-5-7-15)25-21(24)18-16-9-13-8-14(11-16)12-17(18)10-13/h3-7,13-14,16-19H,8-12H2,1-2H3/t13?,14?,16?,17?,18?,19-/m1/s1. The van der Waals surface area contributed by atoms with Crippen molar-refractivity contribution in [3.05, 3.63) is 35.9 Å². The first-order valence-electron chi connectivity index (χ1n) is 9.49. The SMILES string of the molecule is CN(C)C(=O)[C@H](OC(=O)C1C2CC3CC(C2)CC1C3)c1ccccc1. The fourth-order valence-corrected chi connectivity index (χ4v) is 5.63. The van der Waals surface area contributed by atoms with Crippen LogP contribution in [0.25, 0.3) is 0 Å². The number of amides is 1. The van der Waals surface area contributed by atoms with Gasteiger partial charge in [-0.15, -0.1) is 0 Å². The Labute approximate surface area is 149 Å². The molecule has 25 heavy (non-hydrogen) atoms. The molecule has 4 saturated carbocycles. The molecule has 0 spiro atoms. The van der Waals surface area contributed by atoms with Crippen molar-refractivity contribution in [1.29, 1.82) is 0 Å². The summed E-state index contributed by atoms with van der Waals surface area (Å²) >= 11 is 0. The Hall–Kier alpha value is -1.84. The van der Waals surface area contributed by atoms with Crippen molar-refractivity contribution < 1.29 is 14.3 Å². The summed E-state index contributed by atoms with van der Waals surface area (Å²) in [5, 5.41) is 0. The number of rotatable bonds is 4. The summed E-state index contributed by atoms with van der Waals surface area (Å²) in [6.07, 6.45) is 5.21. The number of carbonyl (C=O) groups excluding carboxylic acids is 2. The molecule has 4 bridgehead atoms. The summed E-state index contributed by atoms with van der Waals surface area (Å²) in [4.78, 5) is 27.2. The summed E-state index contributed by atoms with van der Waals surface area (Å²) in [5.41, 5.74) is 0.748. The first-order chi connectivity index (χ1) is 12.0. The topological polar surface area (TPSA) is 46.6 Å². The van der Waals surface area contributed by atoms with Gasteiger partial charge in [-0.1, -0.05) is 30.3 Å². The second kappa shape index (κ2) is 6.47. The van der Waals surface area contributed by atoms with Crippen LogP contribution in [0, 0.1) is 29.6 Å². The van der Waals surface area contributed by atoms with Gasteiger partial charge in [0.1, 0.15) is 0 Å². The highest BCUT2D eigenvalue weighted by atomic mass is 16.5. The van der Waals surface area contributed by atoms with Crippen molar-refractivity contribution in [1.82, 2.24) is 4.90 Å². The summed E-state index contributed by atoms with van der Waals surface area (Å²) < 4.78 is 5.86. The molecule has 4 fully saturated rings. The molecule has 0 radical (unpaired) electrons. The molecule has 0 heterocycles.